The molecule has 0 amide bonds. The van der Waals surface area contributed by atoms with E-state index in [4.69, 9.17) is 18.9 Å². The Hall–Kier alpha value is -5.16. The molecule has 7 rings (SSSR count). The molecule has 5 heteroatoms. The van der Waals surface area contributed by atoms with Gasteiger partial charge in [-0.25, -0.2) is 9.67 Å². The number of pyridine rings is 1. The van der Waals surface area contributed by atoms with Crippen molar-refractivity contribution in [3.63, 3.8) is 0 Å². The summed E-state index contributed by atoms with van der Waals surface area (Å²) in [5.74, 6) is 2.11. The maximum Gasteiger partial charge on any atom is 0.137 e. The van der Waals surface area contributed by atoms with E-state index in [0.29, 0.717) is 17.1 Å². The van der Waals surface area contributed by atoms with Gasteiger partial charge in [0.2, 0.25) is 0 Å². The third-order valence-corrected chi connectivity index (χ3v) is 8.66. The fraction of sp³-hybridized carbons (Fsp3) is 0.220. The number of ether oxygens (including phenoxy) is 1. The SMILES string of the molecule is [2H]C([2H])([2H])c1ccc2c(c1)c1ccc(Oc3cccc(-n4nc(CC)c(-c5ccccc5)c4CC)c3)cc1n2-c1cc(C(C)(C)C)ccn1. The Balaban J connectivity index is 1.33. The zero-order valence-electron chi connectivity index (χ0n) is 30.0. The Morgan fingerprint density at radius 1 is 0.761 bits per heavy atom. The minimum atomic E-state index is -2.22. The summed E-state index contributed by atoms with van der Waals surface area (Å²) in [6.07, 6.45) is 3.50. The Kier molecular flexibility index (Phi) is 6.61. The molecule has 230 valence electrons. The van der Waals surface area contributed by atoms with Crippen molar-refractivity contribution in [3.05, 3.63) is 132 Å². The van der Waals surface area contributed by atoms with Gasteiger partial charge in [-0.2, -0.15) is 5.10 Å². The van der Waals surface area contributed by atoms with Crippen molar-refractivity contribution < 1.29 is 8.85 Å². The van der Waals surface area contributed by atoms with Crippen molar-refractivity contribution in [2.24, 2.45) is 0 Å². The van der Waals surface area contributed by atoms with Gasteiger partial charge in [0.05, 0.1) is 28.1 Å². The third kappa shape index (κ3) is 5.26. The number of aryl methyl sites for hydroxylation is 2. The Morgan fingerprint density at radius 2 is 1.59 bits per heavy atom. The average Bonchev–Trinajstić information content (AvgIpc) is 3.63. The third-order valence-electron chi connectivity index (χ3n) is 8.66. The Bertz CT molecular complexity index is 2310. The number of rotatable bonds is 7. The highest BCUT2D eigenvalue weighted by Gasteiger charge is 2.20. The van der Waals surface area contributed by atoms with E-state index in [-0.39, 0.29) is 5.41 Å². The van der Waals surface area contributed by atoms with Crippen molar-refractivity contribution in [1.29, 1.82) is 0 Å². The highest BCUT2D eigenvalue weighted by Crippen LogP contribution is 2.37. The summed E-state index contributed by atoms with van der Waals surface area (Å²) in [5.41, 5.74) is 8.68. The molecule has 5 nitrogen and oxygen atoms in total. The van der Waals surface area contributed by atoms with E-state index in [1.54, 1.807) is 12.1 Å². The molecule has 4 aromatic carbocycles. The lowest BCUT2D eigenvalue weighted by atomic mass is 9.88. The topological polar surface area (TPSA) is 44.9 Å². The van der Waals surface area contributed by atoms with Gasteiger partial charge >= 0.3 is 0 Å². The summed E-state index contributed by atoms with van der Waals surface area (Å²) >= 11 is 0. The molecule has 0 bridgehead atoms. The number of fused-ring (bicyclic) bond motifs is 3. The summed E-state index contributed by atoms with van der Waals surface area (Å²) in [6, 6.07) is 34.0. The number of hydrogen-bond donors (Lipinski definition) is 0. The second-order valence-corrected chi connectivity index (χ2v) is 12.8. The van der Waals surface area contributed by atoms with E-state index in [1.807, 2.05) is 65.5 Å². The fourth-order valence-electron chi connectivity index (χ4n) is 6.36. The lowest BCUT2D eigenvalue weighted by Crippen LogP contribution is -2.12. The van der Waals surface area contributed by atoms with Gasteiger partial charge in [-0.05, 0) is 84.8 Å². The molecular weight excluding hydrogens is 564 g/mol. The normalized spacial score (nSPS) is 13.1. The molecule has 3 heterocycles. The second-order valence-electron chi connectivity index (χ2n) is 12.8. The summed E-state index contributed by atoms with van der Waals surface area (Å²) in [4.78, 5) is 4.78. The van der Waals surface area contributed by atoms with E-state index < -0.39 is 6.85 Å². The summed E-state index contributed by atoms with van der Waals surface area (Å²) in [7, 11) is 0. The minimum absolute atomic E-state index is 0.0733. The molecule has 0 aliphatic carbocycles. The van der Waals surface area contributed by atoms with Crippen molar-refractivity contribution in [3.8, 4) is 34.1 Å². The summed E-state index contributed by atoms with van der Waals surface area (Å²) < 4.78 is 34.8. The van der Waals surface area contributed by atoms with Crippen molar-refractivity contribution in [1.82, 2.24) is 19.3 Å². The van der Waals surface area contributed by atoms with E-state index in [2.05, 4.69) is 75.6 Å². The van der Waals surface area contributed by atoms with Crippen LogP contribution in [0.5, 0.6) is 11.5 Å². The van der Waals surface area contributed by atoms with Crippen LogP contribution in [0.15, 0.2) is 109 Å². The van der Waals surface area contributed by atoms with Crippen LogP contribution in [-0.2, 0) is 18.3 Å². The van der Waals surface area contributed by atoms with Crippen molar-refractivity contribution >= 4 is 21.8 Å². The number of benzene rings is 4. The molecule has 0 aliphatic heterocycles. The molecular formula is C41H40N4O. The van der Waals surface area contributed by atoms with Crippen LogP contribution in [0.1, 0.15) is 61.2 Å². The second kappa shape index (κ2) is 11.6. The van der Waals surface area contributed by atoms with E-state index in [0.717, 1.165) is 63.1 Å². The molecule has 0 spiro atoms. The first-order valence-corrected chi connectivity index (χ1v) is 16.0. The molecule has 0 saturated carbocycles. The zero-order valence-corrected chi connectivity index (χ0v) is 27.0. The molecule has 0 radical (unpaired) electrons. The maximum atomic E-state index is 8.04. The quantitative estimate of drug-likeness (QED) is 0.181. The van der Waals surface area contributed by atoms with Crippen LogP contribution in [0.3, 0.4) is 0 Å². The first-order valence-electron chi connectivity index (χ1n) is 17.5. The van der Waals surface area contributed by atoms with Crippen LogP contribution >= 0.6 is 0 Å². The molecule has 0 unspecified atom stereocenters. The van der Waals surface area contributed by atoms with Gasteiger partial charge in [0.15, 0.2) is 0 Å². The first-order chi connectivity index (χ1) is 23.5. The zero-order chi connectivity index (χ0) is 34.5. The summed E-state index contributed by atoms with van der Waals surface area (Å²) in [5, 5.41) is 6.84. The van der Waals surface area contributed by atoms with Crippen LogP contribution in [0.25, 0.3) is 44.4 Å². The van der Waals surface area contributed by atoms with Gasteiger partial charge in [-0.15, -0.1) is 0 Å². The first kappa shape index (κ1) is 26.1. The predicted molar refractivity (Wildman–Crippen MR) is 190 cm³/mol. The maximum absolute atomic E-state index is 8.04. The standard InChI is InChI=1S/C41H40N4O/c1-7-35-40(28-13-10-9-11-14-28)36(8-2)45(43-35)30-15-12-16-31(25-30)46-32-18-19-33-34-23-27(3)17-20-37(34)44(38(33)26-32)39-24-29(21-22-42-39)41(4,5)6/h9-26H,7-8H2,1-6H3/i3D3. The summed E-state index contributed by atoms with van der Waals surface area (Å²) in [6.45, 7) is 8.64. The Morgan fingerprint density at radius 3 is 2.35 bits per heavy atom. The van der Waals surface area contributed by atoms with E-state index in [9.17, 15) is 0 Å². The molecule has 3 aromatic heterocycles. The van der Waals surface area contributed by atoms with E-state index >= 15 is 0 Å². The lowest BCUT2D eigenvalue weighted by Gasteiger charge is -2.20. The van der Waals surface area contributed by atoms with Crippen molar-refractivity contribution in [2.45, 2.75) is 59.7 Å². The van der Waals surface area contributed by atoms with Gasteiger partial charge in [0.25, 0.3) is 0 Å². The van der Waals surface area contributed by atoms with Crippen molar-refractivity contribution in [2.75, 3.05) is 0 Å². The molecule has 46 heavy (non-hydrogen) atoms. The molecule has 0 aliphatic rings. The van der Waals surface area contributed by atoms with Crippen LogP contribution in [0.4, 0.5) is 0 Å². The van der Waals surface area contributed by atoms with Gasteiger partial charge < -0.3 is 4.74 Å². The largest absolute Gasteiger partial charge is 0.457 e. The fourth-order valence-corrected chi connectivity index (χ4v) is 6.36. The van der Waals surface area contributed by atoms with Crippen LogP contribution in [0.2, 0.25) is 0 Å². The lowest BCUT2D eigenvalue weighted by molar-refractivity contribution is 0.482. The number of hydrogen-bond acceptors (Lipinski definition) is 3. The molecule has 7 aromatic rings. The minimum Gasteiger partial charge on any atom is -0.457 e. The molecule has 0 N–H and O–H groups in total. The Labute approximate surface area is 275 Å². The molecule has 0 atom stereocenters. The average molecular weight is 608 g/mol. The van der Waals surface area contributed by atoms with Gasteiger partial charge in [-0.3, -0.25) is 4.57 Å². The molecule has 0 saturated heterocycles. The number of nitrogens with zero attached hydrogens (tertiary/aromatic N) is 4. The highest BCUT2D eigenvalue weighted by molar-refractivity contribution is 6.09. The van der Waals surface area contributed by atoms with Crippen LogP contribution in [-0.4, -0.2) is 19.3 Å². The number of aromatic nitrogens is 4. The predicted octanol–water partition coefficient (Wildman–Crippen LogP) is 10.6. The smallest absolute Gasteiger partial charge is 0.137 e. The molecule has 0 fully saturated rings. The highest BCUT2D eigenvalue weighted by atomic mass is 16.5. The van der Waals surface area contributed by atoms with Gasteiger partial charge in [-0.1, -0.05) is 82.6 Å². The van der Waals surface area contributed by atoms with Crippen LogP contribution < -0.4 is 4.74 Å². The van der Waals surface area contributed by atoms with Gasteiger partial charge in [0, 0.05) is 38.8 Å². The van der Waals surface area contributed by atoms with E-state index in [1.165, 1.54) is 11.1 Å². The monoisotopic (exact) mass is 607 g/mol. The van der Waals surface area contributed by atoms with Crippen LogP contribution in [0, 0.1) is 6.85 Å². The van der Waals surface area contributed by atoms with Gasteiger partial charge in [0.1, 0.15) is 17.3 Å².